The lowest BCUT2D eigenvalue weighted by atomic mass is 9.80. The Bertz CT molecular complexity index is 1320. The fraction of sp³-hybridized carbons (Fsp3) is 0.536. The number of nitrogens with one attached hydrogen (secondary N) is 1. The number of alkyl halides is 3. The lowest BCUT2D eigenvalue weighted by Crippen LogP contribution is -2.40. The summed E-state index contributed by atoms with van der Waals surface area (Å²) in [4.78, 5) is 12.6. The molecule has 4 unspecified atom stereocenters. The summed E-state index contributed by atoms with van der Waals surface area (Å²) in [5.41, 5.74) is 8.40. The number of hydrogen-bond acceptors (Lipinski definition) is 5. The van der Waals surface area contributed by atoms with Gasteiger partial charge < -0.3 is 16.2 Å². The van der Waals surface area contributed by atoms with Gasteiger partial charge in [-0.05, 0) is 66.0 Å². The van der Waals surface area contributed by atoms with Gasteiger partial charge in [-0.15, -0.1) is 0 Å². The van der Waals surface area contributed by atoms with Crippen LogP contribution in [-0.4, -0.2) is 42.4 Å². The molecule has 1 aliphatic heterocycles. The first-order valence-electron chi connectivity index (χ1n) is 13.1. The zero-order valence-electron chi connectivity index (χ0n) is 22.3. The van der Waals surface area contributed by atoms with Crippen LogP contribution in [0.2, 0.25) is 0 Å². The van der Waals surface area contributed by atoms with Crippen LogP contribution in [-0.2, 0) is 27.4 Å². The Kier molecular flexibility index (Phi) is 8.20. The van der Waals surface area contributed by atoms with E-state index in [0.29, 0.717) is 6.07 Å². The molecule has 39 heavy (non-hydrogen) atoms. The van der Waals surface area contributed by atoms with Crippen LogP contribution in [0.4, 0.5) is 13.2 Å². The Labute approximate surface area is 227 Å². The molecule has 0 radical (unpaired) electrons. The summed E-state index contributed by atoms with van der Waals surface area (Å²) in [6, 6.07) is 8.29. The zero-order chi connectivity index (χ0) is 28.8. The number of aliphatic hydroxyl groups is 1. The third-order valence-corrected chi connectivity index (χ3v) is 9.55. The summed E-state index contributed by atoms with van der Waals surface area (Å²) >= 11 is 0. The number of nitrogens with two attached hydrogens (primary N) is 1. The number of fused-ring (bicyclic) bond motifs is 1. The van der Waals surface area contributed by atoms with Crippen LogP contribution in [0, 0.1) is 5.41 Å². The highest BCUT2D eigenvalue weighted by molar-refractivity contribution is 7.89. The summed E-state index contributed by atoms with van der Waals surface area (Å²) in [6.45, 7) is 5.95. The monoisotopic (exact) mass is 567 g/mol. The Hall–Kier alpha value is -2.47. The number of nitrogens with zero attached hydrogens (tertiary/aromatic N) is 1. The highest BCUT2D eigenvalue weighted by Gasteiger charge is 2.42. The quantitative estimate of drug-likeness (QED) is 0.477. The van der Waals surface area contributed by atoms with Crippen molar-refractivity contribution in [2.45, 2.75) is 88.2 Å². The Morgan fingerprint density at radius 3 is 2.56 bits per heavy atom. The van der Waals surface area contributed by atoms with Gasteiger partial charge in [0.2, 0.25) is 15.9 Å². The molecule has 0 spiro atoms. The lowest BCUT2D eigenvalue weighted by Gasteiger charge is -2.31. The van der Waals surface area contributed by atoms with Crippen LogP contribution in [0.25, 0.3) is 0 Å². The molecule has 4 N–H and O–H groups in total. The summed E-state index contributed by atoms with van der Waals surface area (Å²) < 4.78 is 67.0. The molecule has 2 aromatic carbocycles. The number of amides is 1. The maximum absolute atomic E-state index is 13.3. The number of aryl methyl sites for hydroxylation is 1. The molecule has 214 valence electrons. The van der Waals surface area contributed by atoms with Gasteiger partial charge >= 0.3 is 6.18 Å². The molecule has 2 aromatic rings. The van der Waals surface area contributed by atoms with Crippen molar-refractivity contribution in [3.05, 3.63) is 64.7 Å². The van der Waals surface area contributed by atoms with E-state index in [0.717, 1.165) is 58.5 Å². The minimum atomic E-state index is -4.70. The molecule has 7 nitrogen and oxygen atoms in total. The first-order chi connectivity index (χ1) is 18.1. The second-order valence-electron chi connectivity index (χ2n) is 11.7. The molecular formula is C28H36F3N3O4S. The molecule has 4 atom stereocenters. The smallest absolute Gasteiger partial charge is 0.392 e. The van der Waals surface area contributed by atoms with E-state index in [1.165, 1.54) is 0 Å². The molecule has 0 bridgehead atoms. The first kappa shape index (κ1) is 29.5. The molecule has 1 saturated heterocycles. The average molecular weight is 568 g/mol. The minimum Gasteiger partial charge on any atom is -0.392 e. The maximum Gasteiger partial charge on any atom is 0.416 e. The van der Waals surface area contributed by atoms with Crippen molar-refractivity contribution >= 4 is 15.9 Å². The SMILES string of the molecule is CC(C)(C)C(N)c1ccc2c(c1)CCCC2NC(=O)CC1CC(O)CN1S(=O)(=O)c1cccc(C(F)(F)F)c1. The third kappa shape index (κ3) is 6.48. The number of benzene rings is 2. The second-order valence-corrected chi connectivity index (χ2v) is 13.6. The van der Waals surface area contributed by atoms with Gasteiger partial charge in [-0.2, -0.15) is 17.5 Å². The minimum absolute atomic E-state index is 0.0148. The van der Waals surface area contributed by atoms with Gasteiger partial charge in [-0.25, -0.2) is 8.42 Å². The van der Waals surface area contributed by atoms with E-state index in [-0.39, 0.29) is 42.8 Å². The topological polar surface area (TPSA) is 113 Å². The summed E-state index contributed by atoms with van der Waals surface area (Å²) in [7, 11) is -4.37. The van der Waals surface area contributed by atoms with Crippen molar-refractivity contribution in [3.8, 4) is 0 Å². The molecule has 1 aliphatic carbocycles. The number of β-amino-alcohol motifs (C(OH)–C–C–N with tert-alkyl or cyclic N) is 1. The van der Waals surface area contributed by atoms with Crippen molar-refractivity contribution in [2.75, 3.05) is 6.54 Å². The molecule has 1 fully saturated rings. The van der Waals surface area contributed by atoms with Crippen LogP contribution in [0.5, 0.6) is 0 Å². The number of hydrogen-bond donors (Lipinski definition) is 3. The van der Waals surface area contributed by atoms with Gasteiger partial charge in [0, 0.05) is 25.0 Å². The van der Waals surface area contributed by atoms with Crippen molar-refractivity contribution in [1.82, 2.24) is 9.62 Å². The van der Waals surface area contributed by atoms with Crippen LogP contribution < -0.4 is 11.1 Å². The predicted molar refractivity (Wildman–Crippen MR) is 141 cm³/mol. The molecule has 4 rings (SSSR count). The third-order valence-electron chi connectivity index (χ3n) is 7.64. The number of carbonyl (C=O) groups excluding carboxylic acids is 1. The maximum atomic E-state index is 13.3. The number of halogens is 3. The van der Waals surface area contributed by atoms with E-state index < -0.39 is 38.8 Å². The van der Waals surface area contributed by atoms with Crippen molar-refractivity contribution < 1.29 is 31.5 Å². The van der Waals surface area contributed by atoms with Gasteiger partial charge in [-0.3, -0.25) is 4.79 Å². The first-order valence-corrected chi connectivity index (χ1v) is 14.6. The van der Waals surface area contributed by atoms with E-state index in [1.54, 1.807) is 0 Å². The molecule has 1 heterocycles. The molecule has 0 saturated carbocycles. The highest BCUT2D eigenvalue weighted by Crippen LogP contribution is 2.37. The Morgan fingerprint density at radius 2 is 1.90 bits per heavy atom. The zero-order valence-corrected chi connectivity index (χ0v) is 23.1. The van der Waals surface area contributed by atoms with Gasteiger partial charge in [0.25, 0.3) is 0 Å². The fourth-order valence-electron chi connectivity index (χ4n) is 5.46. The molecular weight excluding hydrogens is 531 g/mol. The Morgan fingerprint density at radius 1 is 1.18 bits per heavy atom. The molecule has 11 heteroatoms. The Balaban J connectivity index is 1.49. The van der Waals surface area contributed by atoms with Crippen LogP contribution in [0.3, 0.4) is 0 Å². The van der Waals surface area contributed by atoms with Gasteiger partial charge in [0.15, 0.2) is 0 Å². The summed E-state index contributed by atoms with van der Waals surface area (Å²) in [5.74, 6) is -0.383. The number of aliphatic hydroxyl groups excluding tert-OH is 1. The van der Waals surface area contributed by atoms with E-state index in [1.807, 2.05) is 12.1 Å². The van der Waals surface area contributed by atoms with Crippen molar-refractivity contribution in [1.29, 1.82) is 0 Å². The number of carbonyl (C=O) groups is 1. The van der Waals surface area contributed by atoms with E-state index >= 15 is 0 Å². The van der Waals surface area contributed by atoms with Crippen molar-refractivity contribution in [2.24, 2.45) is 11.1 Å². The highest BCUT2D eigenvalue weighted by atomic mass is 32.2. The number of sulfonamides is 1. The van der Waals surface area contributed by atoms with Crippen LogP contribution in [0.15, 0.2) is 47.4 Å². The van der Waals surface area contributed by atoms with E-state index in [2.05, 4.69) is 32.2 Å². The van der Waals surface area contributed by atoms with Gasteiger partial charge in [-0.1, -0.05) is 45.0 Å². The predicted octanol–water partition coefficient (Wildman–Crippen LogP) is 4.46. The van der Waals surface area contributed by atoms with Crippen molar-refractivity contribution in [3.63, 3.8) is 0 Å². The number of rotatable bonds is 6. The molecule has 1 amide bonds. The lowest BCUT2D eigenvalue weighted by molar-refractivity contribution is -0.137. The molecule has 0 aromatic heterocycles. The van der Waals surface area contributed by atoms with E-state index in [4.69, 9.17) is 5.73 Å². The summed E-state index contributed by atoms with van der Waals surface area (Å²) in [6.07, 6.45) is -3.47. The normalized spacial score (nSPS) is 23.3. The van der Waals surface area contributed by atoms with Gasteiger partial charge in [0.05, 0.1) is 22.6 Å². The van der Waals surface area contributed by atoms with Crippen LogP contribution >= 0.6 is 0 Å². The largest absolute Gasteiger partial charge is 0.416 e. The fourth-order valence-corrected chi connectivity index (χ4v) is 7.17. The second kappa shape index (κ2) is 10.8. The molecule has 2 aliphatic rings. The van der Waals surface area contributed by atoms with Crippen LogP contribution in [0.1, 0.15) is 80.8 Å². The standard InChI is InChI=1S/C28H36F3N3O4S/c1-27(2,3)26(32)18-10-11-23-17(12-18)6-4-9-24(23)33-25(36)15-20-14-21(35)16-34(20)39(37,38)22-8-5-7-19(13-22)28(29,30)31/h5,7-8,10-13,20-21,24,26,35H,4,6,9,14-16,32H2,1-3H3,(H,33,36). The average Bonchev–Trinajstić information content (AvgIpc) is 3.22. The summed E-state index contributed by atoms with van der Waals surface area (Å²) in [5, 5.41) is 13.2. The van der Waals surface area contributed by atoms with E-state index in [9.17, 15) is 31.5 Å². The van der Waals surface area contributed by atoms with Gasteiger partial charge in [0.1, 0.15) is 0 Å².